The molecule has 5 N–H and O–H groups in total. The van der Waals surface area contributed by atoms with E-state index >= 15 is 0 Å². The van der Waals surface area contributed by atoms with Gasteiger partial charge in [0, 0.05) is 5.88 Å². The number of ether oxygens (including phenoxy) is 2. The first kappa shape index (κ1) is 22.0. The van der Waals surface area contributed by atoms with Gasteiger partial charge in [0.1, 0.15) is 18.3 Å². The molecule has 1 heterocycles. The standard InChI is InChI=1S/C13H24ClN3O8/c1-3-7(2)24-11-9(19)10(20)13(22,8(6-18)25-11)15-12(21)17(16-23)5-4-14/h7-11,18-20,22H,3-6H2,1-2H3,(H,15,21)/t7?,8-,9-,10-,11+,13+/m1/s1. The van der Waals surface area contributed by atoms with E-state index in [2.05, 4.69) is 5.29 Å². The lowest BCUT2D eigenvalue weighted by atomic mass is 9.92. The molecule has 146 valence electrons. The molecule has 0 aromatic rings. The fourth-order valence-corrected chi connectivity index (χ4v) is 2.38. The number of carbonyl (C=O) groups excluding carboxylic acids is 1. The second-order valence-corrected chi connectivity index (χ2v) is 5.99. The van der Waals surface area contributed by atoms with Gasteiger partial charge in [0.25, 0.3) is 0 Å². The number of hydrogen-bond acceptors (Lipinski definition) is 9. The van der Waals surface area contributed by atoms with E-state index in [1.807, 2.05) is 12.2 Å². The van der Waals surface area contributed by atoms with Crippen LogP contribution in [-0.4, -0.2) is 86.9 Å². The number of nitroso groups, excluding NO2 is 1. The molecule has 2 amide bonds. The molecule has 1 aliphatic rings. The Morgan fingerprint density at radius 3 is 2.64 bits per heavy atom. The van der Waals surface area contributed by atoms with Crippen LogP contribution < -0.4 is 5.32 Å². The maximum atomic E-state index is 12.0. The molecule has 6 atom stereocenters. The number of amides is 2. The van der Waals surface area contributed by atoms with Crippen molar-refractivity contribution in [2.45, 2.75) is 56.7 Å². The van der Waals surface area contributed by atoms with Crippen LogP contribution in [0.5, 0.6) is 0 Å². The minimum atomic E-state index is -2.59. The number of halogens is 1. The van der Waals surface area contributed by atoms with Crippen LogP contribution in [0.2, 0.25) is 0 Å². The van der Waals surface area contributed by atoms with E-state index in [4.69, 9.17) is 21.1 Å². The van der Waals surface area contributed by atoms with Gasteiger partial charge in [0.15, 0.2) is 12.0 Å². The number of carbonyl (C=O) groups is 1. The highest BCUT2D eigenvalue weighted by molar-refractivity contribution is 6.18. The number of urea groups is 1. The van der Waals surface area contributed by atoms with E-state index in [9.17, 15) is 30.1 Å². The number of hydrogen-bond donors (Lipinski definition) is 5. The Morgan fingerprint density at radius 2 is 2.16 bits per heavy atom. The Kier molecular flexibility index (Phi) is 8.41. The van der Waals surface area contributed by atoms with Crippen LogP contribution in [0.3, 0.4) is 0 Å². The predicted octanol–water partition coefficient (Wildman–Crippen LogP) is -1.14. The number of rotatable bonds is 8. The molecule has 1 rings (SSSR count). The first-order chi connectivity index (χ1) is 11.7. The van der Waals surface area contributed by atoms with Gasteiger partial charge in [-0.25, -0.2) is 4.79 Å². The average molecular weight is 386 g/mol. The topological polar surface area (TPSA) is 161 Å². The van der Waals surface area contributed by atoms with E-state index in [1.54, 1.807) is 6.92 Å². The van der Waals surface area contributed by atoms with Crippen molar-refractivity contribution in [3.05, 3.63) is 4.91 Å². The van der Waals surface area contributed by atoms with Crippen molar-refractivity contribution in [1.82, 2.24) is 10.3 Å². The highest BCUT2D eigenvalue weighted by Gasteiger charge is 2.56. The Morgan fingerprint density at radius 1 is 1.52 bits per heavy atom. The third-order valence-corrected chi connectivity index (χ3v) is 4.06. The van der Waals surface area contributed by atoms with Crippen molar-refractivity contribution in [2.24, 2.45) is 5.29 Å². The van der Waals surface area contributed by atoms with Gasteiger partial charge in [-0.2, -0.15) is 5.01 Å². The quantitative estimate of drug-likeness (QED) is 0.151. The predicted molar refractivity (Wildman–Crippen MR) is 85.3 cm³/mol. The SMILES string of the molecule is CCC(C)O[C@H]1O[C@H](CO)[C@@](O)(NC(=O)N(CCCl)N=O)[C@H](O)[C@H]1O. The van der Waals surface area contributed by atoms with Gasteiger partial charge in [-0.15, -0.1) is 16.5 Å². The van der Waals surface area contributed by atoms with Crippen LogP contribution in [-0.2, 0) is 9.47 Å². The van der Waals surface area contributed by atoms with E-state index in [1.165, 1.54) is 0 Å². The summed E-state index contributed by atoms with van der Waals surface area (Å²) in [6.07, 6.45) is -6.30. The van der Waals surface area contributed by atoms with Crippen molar-refractivity contribution in [3.63, 3.8) is 0 Å². The minimum Gasteiger partial charge on any atom is -0.393 e. The van der Waals surface area contributed by atoms with Crippen molar-refractivity contribution in [1.29, 1.82) is 0 Å². The molecule has 0 radical (unpaired) electrons. The number of alkyl halides is 1. The van der Waals surface area contributed by atoms with Gasteiger partial charge in [-0.3, -0.25) is 0 Å². The van der Waals surface area contributed by atoms with Crippen LogP contribution in [0, 0.1) is 4.91 Å². The zero-order chi connectivity index (χ0) is 19.2. The second kappa shape index (κ2) is 9.57. The fourth-order valence-electron chi connectivity index (χ4n) is 2.22. The van der Waals surface area contributed by atoms with E-state index < -0.39 is 43.0 Å². The molecule has 1 unspecified atom stereocenters. The number of aliphatic hydroxyl groups excluding tert-OH is 3. The van der Waals surface area contributed by atoms with E-state index in [0.29, 0.717) is 11.4 Å². The van der Waals surface area contributed by atoms with Crippen molar-refractivity contribution >= 4 is 17.6 Å². The third kappa shape index (κ3) is 4.97. The zero-order valence-corrected chi connectivity index (χ0v) is 14.7. The second-order valence-electron chi connectivity index (χ2n) is 5.62. The largest absolute Gasteiger partial charge is 0.393 e. The van der Waals surface area contributed by atoms with Crippen molar-refractivity contribution in [2.75, 3.05) is 19.0 Å². The summed E-state index contributed by atoms with van der Waals surface area (Å²) in [5.41, 5.74) is -2.59. The van der Waals surface area contributed by atoms with Gasteiger partial charge in [-0.05, 0) is 13.3 Å². The van der Waals surface area contributed by atoms with Gasteiger partial charge in [0.2, 0.25) is 0 Å². The molecular formula is C13H24ClN3O8. The number of aliphatic hydroxyl groups is 4. The molecule has 1 fully saturated rings. The lowest BCUT2D eigenvalue weighted by molar-refractivity contribution is -0.342. The average Bonchev–Trinajstić information content (AvgIpc) is 2.59. The van der Waals surface area contributed by atoms with Gasteiger partial charge in [0.05, 0.1) is 24.5 Å². The number of nitrogens with zero attached hydrogens (tertiary/aromatic N) is 2. The smallest absolute Gasteiger partial charge is 0.342 e. The summed E-state index contributed by atoms with van der Waals surface area (Å²) in [5, 5.41) is 45.2. The summed E-state index contributed by atoms with van der Waals surface area (Å²) in [7, 11) is 0. The van der Waals surface area contributed by atoms with Gasteiger partial charge < -0.3 is 35.2 Å². The summed E-state index contributed by atoms with van der Waals surface area (Å²) >= 11 is 5.43. The minimum absolute atomic E-state index is 0.104. The zero-order valence-electron chi connectivity index (χ0n) is 13.9. The van der Waals surface area contributed by atoms with E-state index in [0.717, 1.165) is 0 Å². The highest BCUT2D eigenvalue weighted by Crippen LogP contribution is 2.30. The molecule has 0 spiro atoms. The van der Waals surface area contributed by atoms with Crippen LogP contribution in [0.15, 0.2) is 5.29 Å². The Hall–Kier alpha value is -1.08. The summed E-state index contributed by atoms with van der Waals surface area (Å²) in [6, 6.07) is -1.19. The van der Waals surface area contributed by atoms with E-state index in [-0.39, 0.29) is 18.5 Å². The molecule has 0 aromatic heterocycles. The molecule has 0 saturated carbocycles. The molecule has 0 bridgehead atoms. The van der Waals surface area contributed by atoms with Crippen LogP contribution in [0.1, 0.15) is 20.3 Å². The monoisotopic (exact) mass is 385 g/mol. The Balaban J connectivity index is 2.96. The van der Waals surface area contributed by atoms with Crippen molar-refractivity contribution in [3.8, 4) is 0 Å². The highest BCUT2D eigenvalue weighted by atomic mass is 35.5. The Bertz CT molecular complexity index is 455. The molecule has 25 heavy (non-hydrogen) atoms. The molecule has 12 heteroatoms. The van der Waals surface area contributed by atoms with Crippen LogP contribution in [0.25, 0.3) is 0 Å². The molecule has 1 aliphatic heterocycles. The lowest BCUT2D eigenvalue weighted by Crippen LogP contribution is -2.74. The third-order valence-electron chi connectivity index (χ3n) is 3.89. The molecule has 0 aromatic carbocycles. The fraction of sp³-hybridized carbons (Fsp3) is 0.923. The lowest BCUT2D eigenvalue weighted by Gasteiger charge is -2.48. The van der Waals surface area contributed by atoms with Crippen molar-refractivity contribution < 1.29 is 34.7 Å². The summed E-state index contributed by atoms with van der Waals surface area (Å²) in [5.74, 6) is -0.104. The molecule has 11 nitrogen and oxygen atoms in total. The normalized spacial score (nSPS) is 33.6. The molecular weight excluding hydrogens is 362 g/mol. The summed E-state index contributed by atoms with van der Waals surface area (Å²) < 4.78 is 10.7. The first-order valence-electron chi connectivity index (χ1n) is 7.74. The summed E-state index contributed by atoms with van der Waals surface area (Å²) in [6.45, 7) is 2.47. The maximum Gasteiger partial charge on any atom is 0.342 e. The molecule has 1 saturated heterocycles. The maximum absolute atomic E-state index is 12.0. The first-order valence-corrected chi connectivity index (χ1v) is 8.27. The van der Waals surface area contributed by atoms with Crippen LogP contribution in [0.4, 0.5) is 4.79 Å². The summed E-state index contributed by atoms with van der Waals surface area (Å²) in [4.78, 5) is 22.6. The van der Waals surface area contributed by atoms with Gasteiger partial charge in [-0.1, -0.05) is 6.92 Å². The molecule has 0 aliphatic carbocycles. The van der Waals surface area contributed by atoms with Gasteiger partial charge >= 0.3 is 6.03 Å². The number of nitrogens with one attached hydrogen (secondary N) is 1. The Labute approximate surface area is 149 Å². The van der Waals surface area contributed by atoms with Crippen LogP contribution >= 0.6 is 11.6 Å².